The Morgan fingerprint density at radius 2 is 1.19 bits per heavy atom. The number of benzene rings is 3. The molecule has 1 fully saturated rings. The molecular formula is C23H20N2O2. The first kappa shape index (κ1) is 17.2. The molecule has 0 radical (unpaired) electrons. The van der Waals surface area contributed by atoms with Gasteiger partial charge in [-0.2, -0.15) is 0 Å². The molecule has 3 atom stereocenters. The van der Waals surface area contributed by atoms with Crippen molar-refractivity contribution in [1.29, 1.82) is 0 Å². The molecule has 1 heterocycles. The van der Waals surface area contributed by atoms with Crippen molar-refractivity contribution in [3.8, 4) is 0 Å². The SMILES string of the molecule is O=NN1C(c2ccccc2)CC(=O)C(c2ccccc2)C1c1ccccc1. The summed E-state index contributed by atoms with van der Waals surface area (Å²) in [5.41, 5.74) is 2.76. The van der Waals surface area contributed by atoms with E-state index in [0.29, 0.717) is 0 Å². The van der Waals surface area contributed by atoms with E-state index in [1.165, 1.54) is 0 Å². The molecule has 0 N–H and O–H groups in total. The molecule has 0 saturated carbocycles. The third-order valence-electron chi connectivity index (χ3n) is 5.24. The smallest absolute Gasteiger partial charge is 0.145 e. The molecule has 0 spiro atoms. The van der Waals surface area contributed by atoms with E-state index in [9.17, 15) is 9.70 Å². The first-order valence-corrected chi connectivity index (χ1v) is 9.08. The minimum absolute atomic E-state index is 0.129. The van der Waals surface area contributed by atoms with E-state index < -0.39 is 12.0 Å². The van der Waals surface area contributed by atoms with Crippen LogP contribution in [0.3, 0.4) is 0 Å². The maximum atomic E-state index is 13.3. The second-order valence-corrected chi connectivity index (χ2v) is 6.80. The number of piperidine rings is 1. The van der Waals surface area contributed by atoms with Crippen molar-refractivity contribution in [2.45, 2.75) is 24.4 Å². The van der Waals surface area contributed by atoms with Crippen LogP contribution >= 0.6 is 0 Å². The van der Waals surface area contributed by atoms with Crippen molar-refractivity contribution >= 4 is 5.78 Å². The van der Waals surface area contributed by atoms with Crippen molar-refractivity contribution in [2.24, 2.45) is 5.29 Å². The first-order valence-electron chi connectivity index (χ1n) is 9.08. The standard InChI is InChI=1S/C23H20N2O2/c26-21-16-20(17-10-4-1-5-11-17)25(24-27)23(19-14-8-3-9-15-19)22(21)18-12-6-2-7-13-18/h1-15,20,22-23H,16H2. The van der Waals surface area contributed by atoms with Crippen molar-refractivity contribution < 1.29 is 4.79 Å². The summed E-state index contributed by atoms with van der Waals surface area (Å²) < 4.78 is 0. The second kappa shape index (κ2) is 7.54. The molecule has 1 aliphatic heterocycles. The number of hydrogen-bond donors (Lipinski definition) is 0. The molecule has 27 heavy (non-hydrogen) atoms. The molecule has 3 aromatic carbocycles. The molecule has 0 aromatic heterocycles. The van der Waals surface area contributed by atoms with Gasteiger partial charge in [0.2, 0.25) is 0 Å². The van der Waals surface area contributed by atoms with Crippen LogP contribution in [0.4, 0.5) is 0 Å². The van der Waals surface area contributed by atoms with Gasteiger partial charge in [0.15, 0.2) is 0 Å². The number of nitrogens with zero attached hydrogens (tertiary/aromatic N) is 2. The summed E-state index contributed by atoms with van der Waals surface area (Å²) in [6, 6.07) is 28.2. The molecule has 0 bridgehead atoms. The maximum Gasteiger partial charge on any atom is 0.145 e. The molecule has 3 unspecified atom stereocenters. The fourth-order valence-electron chi connectivity index (χ4n) is 4.01. The lowest BCUT2D eigenvalue weighted by molar-refractivity contribution is -0.128. The van der Waals surface area contributed by atoms with E-state index in [4.69, 9.17) is 0 Å². The van der Waals surface area contributed by atoms with Crippen molar-refractivity contribution in [3.63, 3.8) is 0 Å². The van der Waals surface area contributed by atoms with Crippen LogP contribution in [0.2, 0.25) is 0 Å². The number of nitroso groups, excluding NO2 is 1. The summed E-state index contributed by atoms with van der Waals surface area (Å²) >= 11 is 0. The molecule has 1 saturated heterocycles. The first-order chi connectivity index (χ1) is 13.3. The summed E-state index contributed by atoms with van der Waals surface area (Å²) in [4.78, 5) is 25.2. The van der Waals surface area contributed by atoms with Gasteiger partial charge in [0.05, 0.1) is 23.3 Å². The van der Waals surface area contributed by atoms with E-state index in [2.05, 4.69) is 5.29 Å². The van der Waals surface area contributed by atoms with Gasteiger partial charge in [0, 0.05) is 6.42 Å². The predicted octanol–water partition coefficient (Wildman–Crippen LogP) is 5.21. The van der Waals surface area contributed by atoms with Gasteiger partial charge in [-0.3, -0.25) is 4.79 Å². The van der Waals surface area contributed by atoms with Gasteiger partial charge in [0.25, 0.3) is 0 Å². The molecular weight excluding hydrogens is 336 g/mol. The highest BCUT2D eigenvalue weighted by Crippen LogP contribution is 2.47. The molecule has 3 aromatic rings. The highest BCUT2D eigenvalue weighted by molar-refractivity contribution is 5.88. The van der Waals surface area contributed by atoms with E-state index in [-0.39, 0.29) is 18.2 Å². The average molecular weight is 356 g/mol. The molecule has 0 amide bonds. The Bertz CT molecular complexity index is 913. The Hall–Kier alpha value is -3.27. The lowest BCUT2D eigenvalue weighted by atomic mass is 9.76. The summed E-state index contributed by atoms with van der Waals surface area (Å²) in [6.45, 7) is 0. The number of carbonyl (C=O) groups excluding carboxylic acids is 1. The van der Waals surface area contributed by atoms with E-state index in [1.807, 2.05) is 91.0 Å². The second-order valence-electron chi connectivity index (χ2n) is 6.80. The van der Waals surface area contributed by atoms with Crippen LogP contribution in [-0.2, 0) is 4.79 Å². The lowest BCUT2D eigenvalue weighted by Crippen LogP contribution is -2.41. The van der Waals surface area contributed by atoms with E-state index in [1.54, 1.807) is 5.01 Å². The highest BCUT2D eigenvalue weighted by Gasteiger charge is 2.45. The summed E-state index contributed by atoms with van der Waals surface area (Å²) in [5.74, 6) is -0.296. The van der Waals surface area contributed by atoms with E-state index >= 15 is 0 Å². The van der Waals surface area contributed by atoms with Gasteiger partial charge in [0.1, 0.15) is 5.78 Å². The normalized spacial score (nSPS) is 22.4. The zero-order chi connectivity index (χ0) is 18.6. The Morgan fingerprint density at radius 3 is 1.70 bits per heavy atom. The third-order valence-corrected chi connectivity index (χ3v) is 5.24. The van der Waals surface area contributed by atoms with Crippen molar-refractivity contribution in [3.05, 3.63) is 113 Å². The van der Waals surface area contributed by atoms with Crippen LogP contribution < -0.4 is 0 Å². The van der Waals surface area contributed by atoms with Crippen LogP contribution in [-0.4, -0.2) is 10.8 Å². The minimum atomic E-state index is -0.433. The predicted molar refractivity (Wildman–Crippen MR) is 105 cm³/mol. The molecule has 1 aliphatic rings. The zero-order valence-corrected chi connectivity index (χ0v) is 14.8. The van der Waals surface area contributed by atoms with Crippen LogP contribution in [0.5, 0.6) is 0 Å². The van der Waals surface area contributed by atoms with Crippen LogP contribution in [0.1, 0.15) is 41.1 Å². The third kappa shape index (κ3) is 3.26. The number of carbonyl (C=O) groups is 1. The largest absolute Gasteiger partial charge is 0.299 e. The van der Waals surface area contributed by atoms with Crippen LogP contribution in [0, 0.1) is 4.91 Å². The number of Topliss-reactive ketones (excluding diaryl/α,β-unsaturated/α-hetero) is 1. The molecule has 134 valence electrons. The summed E-state index contributed by atoms with van der Waals surface area (Å²) in [5, 5.41) is 4.98. The van der Waals surface area contributed by atoms with Gasteiger partial charge in [-0.1, -0.05) is 91.0 Å². The van der Waals surface area contributed by atoms with Crippen molar-refractivity contribution in [1.82, 2.24) is 5.01 Å². The topological polar surface area (TPSA) is 49.7 Å². The van der Waals surface area contributed by atoms with Gasteiger partial charge >= 0.3 is 0 Å². The van der Waals surface area contributed by atoms with E-state index in [0.717, 1.165) is 16.7 Å². The highest BCUT2D eigenvalue weighted by atomic mass is 16.3. The van der Waals surface area contributed by atoms with Crippen molar-refractivity contribution in [2.75, 3.05) is 0 Å². The number of ketones is 1. The van der Waals surface area contributed by atoms with Gasteiger partial charge in [-0.15, -0.1) is 4.91 Å². The zero-order valence-electron chi connectivity index (χ0n) is 14.8. The Morgan fingerprint density at radius 1 is 0.704 bits per heavy atom. The quantitative estimate of drug-likeness (QED) is 0.603. The van der Waals surface area contributed by atoms with Crippen LogP contribution in [0.25, 0.3) is 0 Å². The minimum Gasteiger partial charge on any atom is -0.299 e. The fourth-order valence-corrected chi connectivity index (χ4v) is 4.01. The Kier molecular flexibility index (Phi) is 4.79. The molecule has 4 heteroatoms. The summed E-state index contributed by atoms with van der Waals surface area (Å²) in [6.07, 6.45) is 0.263. The monoisotopic (exact) mass is 356 g/mol. The van der Waals surface area contributed by atoms with Gasteiger partial charge < -0.3 is 0 Å². The maximum absolute atomic E-state index is 13.3. The van der Waals surface area contributed by atoms with Gasteiger partial charge in [-0.05, 0) is 16.7 Å². The van der Waals surface area contributed by atoms with Crippen LogP contribution in [0.15, 0.2) is 96.3 Å². The lowest BCUT2D eigenvalue weighted by Gasteiger charge is -2.42. The average Bonchev–Trinajstić information content (AvgIpc) is 2.75. The number of rotatable bonds is 4. The molecule has 4 rings (SSSR count). The van der Waals surface area contributed by atoms with Gasteiger partial charge in [-0.25, -0.2) is 5.01 Å². The fraction of sp³-hybridized carbons (Fsp3) is 0.174. The number of hydrogen-bond acceptors (Lipinski definition) is 3. The Labute approximate surface area is 158 Å². The molecule has 0 aliphatic carbocycles. The Balaban J connectivity index is 1.84. The summed E-state index contributed by atoms with van der Waals surface area (Å²) in [7, 11) is 0. The molecule has 4 nitrogen and oxygen atoms in total.